The molecule has 0 saturated carbocycles. The summed E-state index contributed by atoms with van der Waals surface area (Å²) in [6, 6.07) is 0. The molecule has 0 spiro atoms. The average molecular weight is 736 g/mol. The molecule has 51 heavy (non-hydrogen) atoms. The molecule has 0 aliphatic rings. The van der Waals surface area contributed by atoms with Gasteiger partial charge in [0.2, 0.25) is 0 Å². The summed E-state index contributed by atoms with van der Waals surface area (Å²) in [5.74, 6) is 0. The van der Waals surface area contributed by atoms with Gasteiger partial charge in [-0.05, 0) is 51.4 Å². The van der Waals surface area contributed by atoms with Crippen LogP contribution in [0.5, 0.6) is 0 Å². The second-order valence-electron chi connectivity index (χ2n) is 17.7. The van der Waals surface area contributed by atoms with Gasteiger partial charge in [0.25, 0.3) is 0 Å². The predicted octanol–water partition coefficient (Wildman–Crippen LogP) is 19.5. The topological polar surface area (TPSA) is 0 Å². The maximum atomic E-state index is 2.37. The van der Waals surface area contributed by atoms with Gasteiger partial charge in [0.1, 0.15) is 0 Å². The van der Waals surface area contributed by atoms with Crippen LogP contribution in [0.4, 0.5) is 0 Å². The normalized spacial score (nSPS) is 12.0. The van der Waals surface area contributed by atoms with Gasteiger partial charge in [-0.1, -0.05) is 246 Å². The van der Waals surface area contributed by atoms with Gasteiger partial charge in [-0.2, -0.15) is 0 Å². The molecule has 0 rings (SSSR count). The van der Waals surface area contributed by atoms with E-state index in [1.165, 1.54) is 244 Å². The van der Waals surface area contributed by atoms with Crippen molar-refractivity contribution in [2.45, 2.75) is 297 Å². The summed E-state index contributed by atoms with van der Waals surface area (Å²) in [6.45, 7) is 9.37. The highest BCUT2D eigenvalue weighted by Gasteiger charge is 2.35. The van der Waals surface area contributed by atoms with Gasteiger partial charge in [0, 0.05) is 7.26 Å². The van der Waals surface area contributed by atoms with E-state index in [4.69, 9.17) is 0 Å². The molecule has 0 aromatic rings. The van der Waals surface area contributed by atoms with Crippen LogP contribution in [0.15, 0.2) is 0 Å². The Bertz CT molecular complexity index is 529. The summed E-state index contributed by atoms with van der Waals surface area (Å²) in [7, 11) is -0.791. The molecule has 308 valence electrons. The van der Waals surface area contributed by atoms with Crippen molar-refractivity contribution in [1.29, 1.82) is 0 Å². The number of rotatable bonds is 46. The van der Waals surface area contributed by atoms with E-state index < -0.39 is 7.26 Å². The fraction of sp³-hybridized carbons (Fsp3) is 1.00. The summed E-state index contributed by atoms with van der Waals surface area (Å²) in [5.41, 5.74) is 0. The standard InChI is InChI=1S/C50H104P/c1-5-9-13-17-21-24-27-30-33-36-40-44-48-51(47-43-39-20-16-12-8-4,49-45-41-37-34-31-28-25-22-18-14-10-6-2)50-46-42-38-35-32-29-26-23-19-15-11-7-3/h5-50H2,1-4H3/q+1. The lowest BCUT2D eigenvalue weighted by Gasteiger charge is -2.28. The summed E-state index contributed by atoms with van der Waals surface area (Å²) < 4.78 is 0. The molecule has 0 nitrogen and oxygen atoms in total. The van der Waals surface area contributed by atoms with Gasteiger partial charge >= 0.3 is 0 Å². The van der Waals surface area contributed by atoms with Crippen LogP contribution < -0.4 is 0 Å². The van der Waals surface area contributed by atoms with E-state index in [0.29, 0.717) is 0 Å². The van der Waals surface area contributed by atoms with Gasteiger partial charge in [-0.25, -0.2) is 0 Å². The molecular formula is C50H104P+. The molecule has 0 aliphatic heterocycles. The van der Waals surface area contributed by atoms with Crippen molar-refractivity contribution in [3.63, 3.8) is 0 Å². The van der Waals surface area contributed by atoms with Crippen LogP contribution in [0.1, 0.15) is 297 Å². The molecule has 0 fully saturated rings. The van der Waals surface area contributed by atoms with Gasteiger partial charge in [0.15, 0.2) is 0 Å². The van der Waals surface area contributed by atoms with Crippen LogP contribution in [0, 0.1) is 0 Å². The minimum absolute atomic E-state index is 0.791. The summed E-state index contributed by atoms with van der Waals surface area (Å²) >= 11 is 0. The van der Waals surface area contributed by atoms with Crippen molar-refractivity contribution in [1.82, 2.24) is 0 Å². The molecule has 0 bridgehead atoms. The zero-order valence-electron chi connectivity index (χ0n) is 37.0. The molecule has 0 aliphatic carbocycles. The fourth-order valence-corrected chi connectivity index (χ4v) is 13.7. The fourth-order valence-electron chi connectivity index (χ4n) is 8.76. The third-order valence-corrected chi connectivity index (χ3v) is 17.5. The molecule has 1 heteroatoms. The highest BCUT2D eigenvalue weighted by Crippen LogP contribution is 2.61. The van der Waals surface area contributed by atoms with Crippen molar-refractivity contribution in [3.8, 4) is 0 Å². The third kappa shape index (κ3) is 39.9. The molecular weight excluding hydrogens is 632 g/mol. The van der Waals surface area contributed by atoms with Gasteiger partial charge in [-0.15, -0.1) is 0 Å². The minimum Gasteiger partial charge on any atom is -0.0654 e. The van der Waals surface area contributed by atoms with Crippen LogP contribution in [0.2, 0.25) is 0 Å². The Hall–Kier alpha value is 0.430. The molecule has 0 unspecified atom stereocenters. The first kappa shape index (κ1) is 51.4. The minimum atomic E-state index is -0.791. The highest BCUT2D eigenvalue weighted by molar-refractivity contribution is 7.75. The Balaban J connectivity index is 4.75. The third-order valence-electron chi connectivity index (χ3n) is 12.4. The van der Waals surface area contributed by atoms with Gasteiger partial charge in [0.05, 0.1) is 24.6 Å². The number of unbranched alkanes of at least 4 members (excludes halogenated alkanes) is 38. The Labute approximate surface area is 328 Å². The lowest BCUT2D eigenvalue weighted by molar-refractivity contribution is 0.545. The van der Waals surface area contributed by atoms with Gasteiger partial charge < -0.3 is 0 Å². The SMILES string of the molecule is CCCCCCCCCCCCCC[P+](CCCCCCCC)(CCCCCCCCCCCCCC)CCCCCCCCCCCCCC. The van der Waals surface area contributed by atoms with Crippen molar-refractivity contribution < 1.29 is 0 Å². The Morgan fingerprint density at radius 3 is 0.412 bits per heavy atom. The van der Waals surface area contributed by atoms with Crippen molar-refractivity contribution in [2.24, 2.45) is 0 Å². The molecule has 0 saturated heterocycles. The first-order chi connectivity index (χ1) is 25.2. The first-order valence-corrected chi connectivity index (χ1v) is 27.6. The zero-order chi connectivity index (χ0) is 37.0. The van der Waals surface area contributed by atoms with E-state index >= 15 is 0 Å². The Morgan fingerprint density at radius 2 is 0.275 bits per heavy atom. The lowest BCUT2D eigenvalue weighted by atomic mass is 10.1. The molecule has 0 atom stereocenters. The Kier molecular flexibility index (Phi) is 45.2. The van der Waals surface area contributed by atoms with E-state index in [1.54, 1.807) is 50.3 Å². The van der Waals surface area contributed by atoms with E-state index in [2.05, 4.69) is 27.7 Å². The quantitative estimate of drug-likeness (QED) is 0.0431. The number of hydrogen-bond acceptors (Lipinski definition) is 0. The van der Waals surface area contributed by atoms with Crippen molar-refractivity contribution in [3.05, 3.63) is 0 Å². The first-order valence-electron chi connectivity index (χ1n) is 25.1. The van der Waals surface area contributed by atoms with Crippen LogP contribution >= 0.6 is 7.26 Å². The van der Waals surface area contributed by atoms with Gasteiger partial charge in [-0.3, -0.25) is 0 Å². The monoisotopic (exact) mass is 736 g/mol. The van der Waals surface area contributed by atoms with Crippen LogP contribution in [-0.2, 0) is 0 Å². The van der Waals surface area contributed by atoms with E-state index in [-0.39, 0.29) is 0 Å². The average Bonchev–Trinajstić information content (AvgIpc) is 3.14. The summed E-state index contributed by atoms with van der Waals surface area (Å²) in [5, 5.41) is 0. The van der Waals surface area contributed by atoms with Crippen molar-refractivity contribution >= 4 is 7.26 Å². The number of hydrogen-bond donors (Lipinski definition) is 0. The van der Waals surface area contributed by atoms with E-state index in [9.17, 15) is 0 Å². The lowest BCUT2D eigenvalue weighted by Crippen LogP contribution is -2.13. The summed E-state index contributed by atoms with van der Waals surface area (Å²) in [4.78, 5) is 0. The van der Waals surface area contributed by atoms with E-state index in [1.807, 2.05) is 0 Å². The molecule has 0 N–H and O–H groups in total. The van der Waals surface area contributed by atoms with Crippen molar-refractivity contribution in [2.75, 3.05) is 24.6 Å². The molecule has 0 amide bonds. The highest BCUT2D eigenvalue weighted by atomic mass is 31.2. The predicted molar refractivity (Wildman–Crippen MR) is 243 cm³/mol. The van der Waals surface area contributed by atoms with Crippen LogP contribution in [0.3, 0.4) is 0 Å². The van der Waals surface area contributed by atoms with Crippen LogP contribution in [-0.4, -0.2) is 24.6 Å². The molecule has 0 aromatic heterocycles. The maximum Gasteiger partial charge on any atom is 0.0594 e. The second kappa shape index (κ2) is 44.8. The Morgan fingerprint density at radius 1 is 0.157 bits per heavy atom. The smallest absolute Gasteiger partial charge is 0.0594 e. The summed E-state index contributed by atoms with van der Waals surface area (Å²) in [6.07, 6.45) is 69.2. The zero-order valence-corrected chi connectivity index (χ0v) is 37.9. The molecule has 0 heterocycles. The largest absolute Gasteiger partial charge is 0.0654 e. The van der Waals surface area contributed by atoms with E-state index in [0.717, 1.165) is 0 Å². The molecule has 0 radical (unpaired) electrons. The second-order valence-corrected chi connectivity index (χ2v) is 22.1. The maximum absolute atomic E-state index is 2.37. The molecule has 0 aromatic carbocycles. The van der Waals surface area contributed by atoms with Crippen LogP contribution in [0.25, 0.3) is 0 Å².